The first kappa shape index (κ1) is 18.6. The van der Waals surface area contributed by atoms with Crippen LogP contribution in [0.25, 0.3) is 28.9 Å². The Morgan fingerprint density at radius 3 is 2.59 bits per heavy atom. The van der Waals surface area contributed by atoms with Gasteiger partial charge >= 0.3 is 6.18 Å². The van der Waals surface area contributed by atoms with Gasteiger partial charge < -0.3 is 0 Å². The largest absolute Gasteiger partial charge is 0.416 e. The van der Waals surface area contributed by atoms with Gasteiger partial charge in [0.15, 0.2) is 0 Å². The van der Waals surface area contributed by atoms with Crippen LogP contribution in [0.5, 0.6) is 0 Å². The number of rotatable bonds is 3. The molecule has 0 saturated heterocycles. The van der Waals surface area contributed by atoms with Gasteiger partial charge in [0.1, 0.15) is 5.65 Å². The standard InChI is InChI=1S/C22H14F3N3O/c23-22(24,25)17-7-3-6-16(13-17)20-18(10-9-15-5-4-11-26-14-15)27-19-8-1-2-12-28(19)21(20)29/h1-14H. The lowest BCUT2D eigenvalue weighted by atomic mass is 10.0. The molecule has 0 radical (unpaired) electrons. The Labute approximate surface area is 163 Å². The molecule has 4 nitrogen and oxygen atoms in total. The van der Waals surface area contributed by atoms with Gasteiger partial charge in [-0.05, 0) is 47.5 Å². The van der Waals surface area contributed by atoms with Crippen molar-refractivity contribution in [3.05, 3.63) is 100 Å². The molecule has 4 aromatic rings. The van der Waals surface area contributed by atoms with Crippen molar-refractivity contribution in [2.45, 2.75) is 6.18 Å². The molecule has 0 aliphatic carbocycles. The minimum atomic E-state index is -4.51. The predicted molar refractivity (Wildman–Crippen MR) is 105 cm³/mol. The highest BCUT2D eigenvalue weighted by molar-refractivity contribution is 5.79. The van der Waals surface area contributed by atoms with Crippen molar-refractivity contribution in [3.63, 3.8) is 0 Å². The van der Waals surface area contributed by atoms with E-state index in [4.69, 9.17) is 0 Å². The highest BCUT2D eigenvalue weighted by Gasteiger charge is 2.31. The Morgan fingerprint density at radius 2 is 1.83 bits per heavy atom. The van der Waals surface area contributed by atoms with Crippen LogP contribution in [0.1, 0.15) is 16.8 Å². The Bertz CT molecular complexity index is 1260. The highest BCUT2D eigenvalue weighted by atomic mass is 19.4. The summed E-state index contributed by atoms with van der Waals surface area (Å²) in [5.74, 6) is 0. The van der Waals surface area contributed by atoms with E-state index >= 15 is 0 Å². The van der Waals surface area contributed by atoms with Gasteiger partial charge in [-0.1, -0.05) is 30.3 Å². The van der Waals surface area contributed by atoms with E-state index < -0.39 is 17.3 Å². The molecule has 7 heteroatoms. The molecular formula is C22H14F3N3O. The Hall–Kier alpha value is -3.74. The molecule has 1 aromatic carbocycles. The summed E-state index contributed by atoms with van der Waals surface area (Å²) in [7, 11) is 0. The third-order valence-corrected chi connectivity index (χ3v) is 4.36. The van der Waals surface area contributed by atoms with Crippen molar-refractivity contribution >= 4 is 17.8 Å². The van der Waals surface area contributed by atoms with E-state index in [1.807, 2.05) is 6.07 Å². The molecule has 0 spiro atoms. The van der Waals surface area contributed by atoms with Crippen LogP contribution >= 0.6 is 0 Å². The number of halogens is 3. The molecule has 29 heavy (non-hydrogen) atoms. The molecule has 0 unspecified atom stereocenters. The molecule has 0 aliphatic rings. The van der Waals surface area contributed by atoms with Gasteiger partial charge in [0.25, 0.3) is 5.56 Å². The minimum absolute atomic E-state index is 0.0972. The number of benzene rings is 1. The van der Waals surface area contributed by atoms with Crippen LogP contribution < -0.4 is 5.56 Å². The summed E-state index contributed by atoms with van der Waals surface area (Å²) >= 11 is 0. The third kappa shape index (κ3) is 3.80. The zero-order chi connectivity index (χ0) is 20.4. The molecule has 0 saturated carbocycles. The molecule has 0 amide bonds. The lowest BCUT2D eigenvalue weighted by molar-refractivity contribution is -0.137. The van der Waals surface area contributed by atoms with Crippen LogP contribution in [0, 0.1) is 0 Å². The topological polar surface area (TPSA) is 47.3 Å². The zero-order valence-corrected chi connectivity index (χ0v) is 15.0. The number of fused-ring (bicyclic) bond motifs is 1. The average Bonchev–Trinajstić information content (AvgIpc) is 2.72. The van der Waals surface area contributed by atoms with E-state index in [0.29, 0.717) is 5.65 Å². The Morgan fingerprint density at radius 1 is 0.966 bits per heavy atom. The first-order chi connectivity index (χ1) is 13.9. The van der Waals surface area contributed by atoms with Crippen molar-refractivity contribution < 1.29 is 13.2 Å². The third-order valence-electron chi connectivity index (χ3n) is 4.36. The summed E-state index contributed by atoms with van der Waals surface area (Å²) in [6, 6.07) is 13.3. The fraction of sp³-hybridized carbons (Fsp3) is 0.0455. The molecule has 3 aromatic heterocycles. The predicted octanol–water partition coefficient (Wildman–Crippen LogP) is 4.95. The molecule has 0 bridgehead atoms. The molecule has 144 valence electrons. The van der Waals surface area contributed by atoms with Crippen LogP contribution in [0.4, 0.5) is 13.2 Å². The monoisotopic (exact) mass is 393 g/mol. The normalized spacial score (nSPS) is 12.0. The second kappa shape index (κ2) is 7.35. The number of alkyl halides is 3. The van der Waals surface area contributed by atoms with Crippen molar-refractivity contribution in [1.29, 1.82) is 0 Å². The van der Waals surface area contributed by atoms with Crippen LogP contribution in [-0.2, 0) is 6.18 Å². The average molecular weight is 393 g/mol. The maximum Gasteiger partial charge on any atom is 0.416 e. The van der Waals surface area contributed by atoms with Gasteiger partial charge in [0.2, 0.25) is 0 Å². The van der Waals surface area contributed by atoms with Gasteiger partial charge in [-0.2, -0.15) is 13.2 Å². The lowest BCUT2D eigenvalue weighted by Crippen LogP contribution is -2.19. The molecular weight excluding hydrogens is 379 g/mol. The van der Waals surface area contributed by atoms with Gasteiger partial charge in [0, 0.05) is 18.6 Å². The summed E-state index contributed by atoms with van der Waals surface area (Å²) in [5, 5.41) is 0. The summed E-state index contributed by atoms with van der Waals surface area (Å²) in [6.45, 7) is 0. The Balaban J connectivity index is 1.96. The van der Waals surface area contributed by atoms with E-state index in [1.165, 1.54) is 22.7 Å². The fourth-order valence-electron chi connectivity index (χ4n) is 3.00. The molecule has 0 atom stereocenters. The van der Waals surface area contributed by atoms with Crippen LogP contribution in [-0.4, -0.2) is 14.4 Å². The zero-order valence-electron chi connectivity index (χ0n) is 15.0. The smallest absolute Gasteiger partial charge is 0.268 e. The SMILES string of the molecule is O=c1c(-c2cccc(C(F)(F)F)c2)c(C=Cc2cccnc2)nc2ccccn12. The Kier molecular flexibility index (Phi) is 4.72. The second-order valence-electron chi connectivity index (χ2n) is 6.30. The van der Waals surface area contributed by atoms with Gasteiger partial charge in [-0.15, -0.1) is 0 Å². The van der Waals surface area contributed by atoms with E-state index in [0.717, 1.165) is 17.7 Å². The van der Waals surface area contributed by atoms with Gasteiger partial charge in [-0.3, -0.25) is 14.2 Å². The maximum absolute atomic E-state index is 13.2. The summed E-state index contributed by atoms with van der Waals surface area (Å²) in [5.41, 5.74) is 0.442. The molecule has 0 fully saturated rings. The molecule has 4 rings (SSSR count). The lowest BCUT2D eigenvalue weighted by Gasteiger charge is -2.11. The van der Waals surface area contributed by atoms with Crippen LogP contribution in [0.2, 0.25) is 0 Å². The number of pyridine rings is 2. The molecule has 0 N–H and O–H groups in total. The van der Waals surface area contributed by atoms with E-state index in [2.05, 4.69) is 9.97 Å². The number of hydrogen-bond acceptors (Lipinski definition) is 3. The number of hydrogen-bond donors (Lipinski definition) is 0. The summed E-state index contributed by atoms with van der Waals surface area (Å²) in [6.07, 6.45) is 3.62. The van der Waals surface area contributed by atoms with E-state index in [9.17, 15) is 18.0 Å². The van der Waals surface area contributed by atoms with E-state index in [1.54, 1.807) is 48.8 Å². The maximum atomic E-state index is 13.2. The van der Waals surface area contributed by atoms with Crippen molar-refractivity contribution in [1.82, 2.24) is 14.4 Å². The minimum Gasteiger partial charge on any atom is -0.268 e. The van der Waals surface area contributed by atoms with Crippen molar-refractivity contribution in [2.24, 2.45) is 0 Å². The van der Waals surface area contributed by atoms with Crippen LogP contribution in [0.15, 0.2) is 78.0 Å². The van der Waals surface area contributed by atoms with Gasteiger partial charge in [0.05, 0.1) is 16.8 Å². The second-order valence-corrected chi connectivity index (χ2v) is 6.30. The number of nitrogens with zero attached hydrogens (tertiary/aromatic N) is 3. The number of aromatic nitrogens is 3. The first-order valence-electron chi connectivity index (χ1n) is 8.70. The van der Waals surface area contributed by atoms with Crippen molar-refractivity contribution in [2.75, 3.05) is 0 Å². The van der Waals surface area contributed by atoms with Crippen molar-refractivity contribution in [3.8, 4) is 11.1 Å². The quantitative estimate of drug-likeness (QED) is 0.495. The van der Waals surface area contributed by atoms with Gasteiger partial charge in [-0.25, -0.2) is 4.98 Å². The first-order valence-corrected chi connectivity index (χ1v) is 8.70. The highest BCUT2D eigenvalue weighted by Crippen LogP contribution is 2.32. The summed E-state index contributed by atoms with van der Waals surface area (Å²) < 4.78 is 40.9. The van der Waals surface area contributed by atoms with E-state index in [-0.39, 0.29) is 16.8 Å². The fourth-order valence-corrected chi connectivity index (χ4v) is 3.00. The summed E-state index contributed by atoms with van der Waals surface area (Å²) in [4.78, 5) is 21.6. The molecule has 0 aliphatic heterocycles. The van der Waals surface area contributed by atoms with Crippen LogP contribution in [0.3, 0.4) is 0 Å². The molecule has 3 heterocycles.